The molecule has 0 spiro atoms. The highest BCUT2D eigenvalue weighted by molar-refractivity contribution is 5.69. The van der Waals surface area contributed by atoms with Crippen molar-refractivity contribution in [2.75, 3.05) is 24.6 Å². The summed E-state index contributed by atoms with van der Waals surface area (Å²) in [6.45, 7) is 3.40. The van der Waals surface area contributed by atoms with E-state index in [1.165, 1.54) is 12.1 Å². The van der Waals surface area contributed by atoms with Gasteiger partial charge in [-0.05, 0) is 31.7 Å². The summed E-state index contributed by atoms with van der Waals surface area (Å²) in [5, 5.41) is 10.6. The van der Waals surface area contributed by atoms with Crippen LogP contribution in [0.5, 0.6) is 0 Å². The number of esters is 1. The van der Waals surface area contributed by atoms with E-state index < -0.39 is 10.7 Å². The van der Waals surface area contributed by atoms with Crippen LogP contribution in [0.1, 0.15) is 26.2 Å². The lowest BCUT2D eigenvalue weighted by Crippen LogP contribution is -2.35. The van der Waals surface area contributed by atoms with Gasteiger partial charge in [0.1, 0.15) is 0 Å². The predicted molar refractivity (Wildman–Crippen MR) is 79.2 cm³/mol. The summed E-state index contributed by atoms with van der Waals surface area (Å²) in [6.07, 6.45) is 1.94. The second-order valence-corrected chi connectivity index (χ2v) is 5.33. The largest absolute Gasteiger partial charge is 0.466 e. The third kappa shape index (κ3) is 3.93. The van der Waals surface area contributed by atoms with Crippen LogP contribution in [0.3, 0.4) is 0 Å². The Labute approximate surface area is 128 Å². The van der Waals surface area contributed by atoms with Gasteiger partial charge in [-0.15, -0.1) is 0 Å². The summed E-state index contributed by atoms with van der Waals surface area (Å²) in [5.74, 6) is -0.531. The Morgan fingerprint density at radius 2 is 2.14 bits per heavy atom. The van der Waals surface area contributed by atoms with Crippen molar-refractivity contribution in [3.63, 3.8) is 0 Å². The van der Waals surface area contributed by atoms with Gasteiger partial charge >= 0.3 is 5.97 Å². The Morgan fingerprint density at radius 3 is 2.68 bits per heavy atom. The fraction of sp³-hybridized carbons (Fsp3) is 0.533. The molecule has 1 aromatic rings. The average Bonchev–Trinajstić information content (AvgIpc) is 2.48. The van der Waals surface area contributed by atoms with Crippen LogP contribution in [0, 0.1) is 21.8 Å². The molecule has 2 rings (SSSR count). The number of piperidine rings is 1. The third-order valence-electron chi connectivity index (χ3n) is 3.86. The molecule has 7 heteroatoms. The Morgan fingerprint density at radius 1 is 1.45 bits per heavy atom. The molecule has 0 aliphatic carbocycles. The van der Waals surface area contributed by atoms with Gasteiger partial charge in [0.2, 0.25) is 0 Å². The molecule has 1 aliphatic rings. The van der Waals surface area contributed by atoms with E-state index in [0.717, 1.165) is 18.9 Å². The van der Waals surface area contributed by atoms with Gasteiger partial charge in [-0.25, -0.2) is 4.39 Å². The first-order valence-corrected chi connectivity index (χ1v) is 7.35. The number of nitrogens with zero attached hydrogens (tertiary/aromatic N) is 2. The van der Waals surface area contributed by atoms with Crippen LogP contribution in [0.25, 0.3) is 0 Å². The van der Waals surface area contributed by atoms with E-state index in [1.807, 2.05) is 4.90 Å². The molecule has 0 radical (unpaired) electrons. The van der Waals surface area contributed by atoms with Crippen molar-refractivity contribution in [3.8, 4) is 0 Å². The monoisotopic (exact) mass is 310 g/mol. The number of rotatable bonds is 5. The van der Waals surface area contributed by atoms with Gasteiger partial charge < -0.3 is 9.64 Å². The minimum absolute atomic E-state index is 0.192. The number of halogens is 1. The van der Waals surface area contributed by atoms with Gasteiger partial charge in [-0.1, -0.05) is 0 Å². The van der Waals surface area contributed by atoms with E-state index in [9.17, 15) is 19.3 Å². The number of hydrogen-bond acceptors (Lipinski definition) is 5. The van der Waals surface area contributed by atoms with Crippen molar-refractivity contribution >= 4 is 17.3 Å². The predicted octanol–water partition coefficient (Wildman–Crippen LogP) is 2.90. The first-order valence-electron chi connectivity index (χ1n) is 7.35. The average molecular weight is 310 g/mol. The van der Waals surface area contributed by atoms with Gasteiger partial charge in [0.15, 0.2) is 5.82 Å². The second-order valence-electron chi connectivity index (χ2n) is 5.33. The van der Waals surface area contributed by atoms with E-state index >= 15 is 0 Å². The lowest BCUT2D eigenvalue weighted by Gasteiger charge is -2.33. The molecule has 0 amide bonds. The molecule has 0 N–H and O–H groups in total. The summed E-state index contributed by atoms with van der Waals surface area (Å²) in [4.78, 5) is 23.3. The first-order chi connectivity index (χ1) is 10.5. The maximum absolute atomic E-state index is 14.0. The summed E-state index contributed by atoms with van der Waals surface area (Å²) >= 11 is 0. The van der Waals surface area contributed by atoms with E-state index in [-0.39, 0.29) is 17.6 Å². The van der Waals surface area contributed by atoms with Crippen molar-refractivity contribution < 1.29 is 18.8 Å². The Bertz CT molecular complexity index is 556. The molecule has 1 heterocycles. The highest BCUT2D eigenvalue weighted by Gasteiger charge is 2.24. The van der Waals surface area contributed by atoms with Crippen LogP contribution in [0.4, 0.5) is 15.8 Å². The van der Waals surface area contributed by atoms with Crippen molar-refractivity contribution in [2.45, 2.75) is 26.2 Å². The number of non-ortho nitro benzene ring substituents is 1. The second kappa shape index (κ2) is 7.20. The summed E-state index contributed by atoms with van der Waals surface area (Å²) in [6, 6.07) is 3.70. The normalized spacial score (nSPS) is 15.6. The van der Waals surface area contributed by atoms with E-state index in [4.69, 9.17) is 4.74 Å². The van der Waals surface area contributed by atoms with Crippen molar-refractivity contribution in [1.82, 2.24) is 0 Å². The molecule has 1 saturated heterocycles. The topological polar surface area (TPSA) is 72.7 Å². The fourth-order valence-electron chi connectivity index (χ4n) is 2.70. The van der Waals surface area contributed by atoms with Gasteiger partial charge in [0.25, 0.3) is 5.69 Å². The SMILES string of the molecule is CCOC(=O)CC1CCN(c2ccc([N+](=O)[O-])cc2F)CC1. The molecule has 6 nitrogen and oxygen atoms in total. The Kier molecular flexibility index (Phi) is 5.30. The number of ether oxygens (including phenoxy) is 1. The zero-order valence-corrected chi connectivity index (χ0v) is 12.5. The van der Waals surface area contributed by atoms with Crippen LogP contribution < -0.4 is 4.90 Å². The maximum Gasteiger partial charge on any atom is 0.306 e. The summed E-state index contributed by atoms with van der Waals surface area (Å²) < 4.78 is 18.9. The van der Waals surface area contributed by atoms with Crippen molar-refractivity contribution in [2.24, 2.45) is 5.92 Å². The maximum atomic E-state index is 14.0. The molecule has 0 bridgehead atoms. The van der Waals surface area contributed by atoms with Crippen molar-refractivity contribution in [1.29, 1.82) is 0 Å². The molecule has 0 unspecified atom stereocenters. The van der Waals surface area contributed by atoms with Crippen LogP contribution in [-0.4, -0.2) is 30.6 Å². The number of nitro benzene ring substituents is 1. The number of carbonyl (C=O) groups is 1. The van der Waals surface area contributed by atoms with Crippen LogP contribution in [0.15, 0.2) is 18.2 Å². The minimum atomic E-state index is -0.613. The molecule has 1 fully saturated rings. The number of nitro groups is 1. The van der Waals surface area contributed by atoms with Crippen molar-refractivity contribution in [3.05, 3.63) is 34.1 Å². The summed E-state index contributed by atoms with van der Waals surface area (Å²) in [5.41, 5.74) is 0.124. The molecule has 1 aromatic carbocycles. The molecular formula is C15H19FN2O4. The highest BCUT2D eigenvalue weighted by atomic mass is 19.1. The molecule has 22 heavy (non-hydrogen) atoms. The van der Waals surface area contributed by atoms with Gasteiger partial charge in [0.05, 0.1) is 23.3 Å². The molecule has 1 aliphatic heterocycles. The van der Waals surface area contributed by atoms with E-state index in [1.54, 1.807) is 6.92 Å². The Hall–Kier alpha value is -2.18. The molecule has 120 valence electrons. The van der Waals surface area contributed by atoms with Gasteiger partial charge in [-0.2, -0.15) is 0 Å². The van der Waals surface area contributed by atoms with Crippen LogP contribution >= 0.6 is 0 Å². The number of benzene rings is 1. The molecular weight excluding hydrogens is 291 g/mol. The first kappa shape index (κ1) is 16.2. The number of carbonyl (C=O) groups excluding carboxylic acids is 1. The van der Waals surface area contributed by atoms with E-state index in [0.29, 0.717) is 31.8 Å². The third-order valence-corrected chi connectivity index (χ3v) is 3.86. The molecule has 0 atom stereocenters. The quantitative estimate of drug-likeness (QED) is 0.475. The number of anilines is 1. The molecule has 0 saturated carbocycles. The minimum Gasteiger partial charge on any atom is -0.466 e. The molecule has 0 aromatic heterocycles. The van der Waals surface area contributed by atoms with Gasteiger partial charge in [0, 0.05) is 25.6 Å². The van der Waals surface area contributed by atoms with E-state index in [2.05, 4.69) is 0 Å². The number of hydrogen-bond donors (Lipinski definition) is 0. The van der Waals surface area contributed by atoms with Gasteiger partial charge in [-0.3, -0.25) is 14.9 Å². The fourth-order valence-corrected chi connectivity index (χ4v) is 2.70. The zero-order valence-electron chi connectivity index (χ0n) is 12.5. The smallest absolute Gasteiger partial charge is 0.306 e. The zero-order chi connectivity index (χ0) is 16.1. The lowest BCUT2D eigenvalue weighted by molar-refractivity contribution is -0.385. The highest BCUT2D eigenvalue weighted by Crippen LogP contribution is 2.29. The lowest BCUT2D eigenvalue weighted by atomic mass is 9.93. The summed E-state index contributed by atoms with van der Waals surface area (Å²) in [7, 11) is 0. The Balaban J connectivity index is 1.94. The van der Waals surface area contributed by atoms with Crippen LogP contribution in [0.2, 0.25) is 0 Å². The standard InChI is InChI=1S/C15H19FN2O4/c1-2-22-15(19)9-11-5-7-17(8-6-11)14-4-3-12(18(20)21)10-13(14)16/h3-4,10-11H,2,5-9H2,1H3. The van der Waals surface area contributed by atoms with Crippen LogP contribution in [-0.2, 0) is 9.53 Å².